The SMILES string of the molecule is C=C(OCC)c1nc(C)ncc1C. The first-order valence-corrected chi connectivity index (χ1v) is 4.27. The second-order valence-electron chi connectivity index (χ2n) is 2.81. The number of hydrogen-bond acceptors (Lipinski definition) is 3. The third-order valence-electron chi connectivity index (χ3n) is 1.67. The van der Waals surface area contributed by atoms with Crippen molar-refractivity contribution in [2.45, 2.75) is 20.8 Å². The van der Waals surface area contributed by atoms with E-state index in [2.05, 4.69) is 16.5 Å². The summed E-state index contributed by atoms with van der Waals surface area (Å²) in [7, 11) is 0. The highest BCUT2D eigenvalue weighted by atomic mass is 16.5. The van der Waals surface area contributed by atoms with Gasteiger partial charge in [0.15, 0.2) is 0 Å². The van der Waals surface area contributed by atoms with Crippen LogP contribution < -0.4 is 0 Å². The molecule has 0 aromatic carbocycles. The van der Waals surface area contributed by atoms with Gasteiger partial charge in [-0.1, -0.05) is 6.58 Å². The van der Waals surface area contributed by atoms with Crippen LogP contribution in [0.5, 0.6) is 0 Å². The molecule has 1 rings (SSSR count). The number of nitrogens with zero attached hydrogens (tertiary/aromatic N) is 2. The van der Waals surface area contributed by atoms with Gasteiger partial charge < -0.3 is 4.74 Å². The van der Waals surface area contributed by atoms with Crippen molar-refractivity contribution in [3.05, 3.63) is 29.9 Å². The van der Waals surface area contributed by atoms with Gasteiger partial charge in [0.05, 0.1) is 6.61 Å². The highest BCUT2D eigenvalue weighted by Gasteiger charge is 2.05. The molecule has 0 atom stereocenters. The van der Waals surface area contributed by atoms with E-state index >= 15 is 0 Å². The molecular weight excluding hydrogens is 164 g/mol. The van der Waals surface area contributed by atoms with Gasteiger partial charge in [0.1, 0.15) is 17.3 Å². The number of ether oxygens (including phenoxy) is 1. The van der Waals surface area contributed by atoms with Gasteiger partial charge in [-0.25, -0.2) is 9.97 Å². The van der Waals surface area contributed by atoms with E-state index in [9.17, 15) is 0 Å². The van der Waals surface area contributed by atoms with Gasteiger partial charge in [0.25, 0.3) is 0 Å². The first-order chi connectivity index (χ1) is 6.15. The Bertz CT molecular complexity index is 321. The van der Waals surface area contributed by atoms with E-state index in [1.807, 2.05) is 20.8 Å². The molecule has 3 nitrogen and oxygen atoms in total. The predicted octanol–water partition coefficient (Wildman–Crippen LogP) is 2.10. The summed E-state index contributed by atoms with van der Waals surface area (Å²) in [5.41, 5.74) is 1.79. The third-order valence-corrected chi connectivity index (χ3v) is 1.67. The van der Waals surface area contributed by atoms with Crippen LogP contribution in [0.2, 0.25) is 0 Å². The minimum absolute atomic E-state index is 0.612. The molecule has 0 amide bonds. The fourth-order valence-electron chi connectivity index (χ4n) is 1.06. The lowest BCUT2D eigenvalue weighted by molar-refractivity contribution is 0.297. The summed E-state index contributed by atoms with van der Waals surface area (Å²) in [4.78, 5) is 8.33. The van der Waals surface area contributed by atoms with Crippen LogP contribution in [0.3, 0.4) is 0 Å². The quantitative estimate of drug-likeness (QED) is 0.665. The molecule has 1 aromatic heterocycles. The summed E-state index contributed by atoms with van der Waals surface area (Å²) in [5.74, 6) is 1.35. The predicted molar refractivity (Wildman–Crippen MR) is 52.2 cm³/mol. The zero-order valence-electron chi connectivity index (χ0n) is 8.29. The maximum Gasteiger partial charge on any atom is 0.138 e. The van der Waals surface area contributed by atoms with E-state index in [1.165, 1.54) is 0 Å². The van der Waals surface area contributed by atoms with Crippen LogP contribution in [0.4, 0.5) is 0 Å². The van der Waals surface area contributed by atoms with E-state index in [-0.39, 0.29) is 0 Å². The molecule has 0 fully saturated rings. The van der Waals surface area contributed by atoms with Crippen LogP contribution in [0.15, 0.2) is 12.8 Å². The molecule has 1 heterocycles. The summed E-state index contributed by atoms with van der Waals surface area (Å²) < 4.78 is 5.28. The molecular formula is C10H14N2O. The van der Waals surface area contributed by atoms with Crippen LogP contribution >= 0.6 is 0 Å². The molecule has 0 aliphatic carbocycles. The van der Waals surface area contributed by atoms with Crippen LogP contribution in [0.25, 0.3) is 5.76 Å². The standard InChI is InChI=1S/C10H14N2O/c1-5-13-8(3)10-7(2)6-11-9(4)12-10/h6H,3,5H2,1-2,4H3. The Labute approximate surface area is 78.5 Å². The van der Waals surface area contributed by atoms with Crippen molar-refractivity contribution in [3.63, 3.8) is 0 Å². The van der Waals surface area contributed by atoms with Crippen molar-refractivity contribution >= 4 is 5.76 Å². The maximum absolute atomic E-state index is 5.28. The monoisotopic (exact) mass is 178 g/mol. The molecule has 0 radical (unpaired) electrons. The largest absolute Gasteiger partial charge is 0.492 e. The second-order valence-corrected chi connectivity index (χ2v) is 2.81. The van der Waals surface area contributed by atoms with Crippen molar-refractivity contribution in [2.24, 2.45) is 0 Å². The molecule has 70 valence electrons. The number of aromatic nitrogens is 2. The molecule has 0 spiro atoms. The summed E-state index contributed by atoms with van der Waals surface area (Å²) in [6.07, 6.45) is 1.78. The summed E-state index contributed by atoms with van der Waals surface area (Å²) in [5, 5.41) is 0. The van der Waals surface area contributed by atoms with Crippen molar-refractivity contribution < 1.29 is 4.74 Å². The van der Waals surface area contributed by atoms with Crippen molar-refractivity contribution in [1.29, 1.82) is 0 Å². The number of aryl methyl sites for hydroxylation is 2. The zero-order valence-corrected chi connectivity index (χ0v) is 8.29. The smallest absolute Gasteiger partial charge is 0.138 e. The highest BCUT2D eigenvalue weighted by Crippen LogP contribution is 2.14. The van der Waals surface area contributed by atoms with E-state index < -0.39 is 0 Å². The van der Waals surface area contributed by atoms with Crippen LogP contribution in [-0.4, -0.2) is 16.6 Å². The first-order valence-electron chi connectivity index (χ1n) is 4.27. The Morgan fingerprint density at radius 3 is 2.85 bits per heavy atom. The van der Waals surface area contributed by atoms with Crippen molar-refractivity contribution in [1.82, 2.24) is 9.97 Å². The normalized spacial score (nSPS) is 9.77. The minimum atomic E-state index is 0.612. The first kappa shape index (κ1) is 9.71. The topological polar surface area (TPSA) is 35.0 Å². The lowest BCUT2D eigenvalue weighted by atomic mass is 10.2. The Morgan fingerprint density at radius 1 is 1.54 bits per heavy atom. The molecule has 13 heavy (non-hydrogen) atoms. The molecule has 0 aliphatic rings. The molecule has 0 saturated heterocycles. The van der Waals surface area contributed by atoms with Gasteiger partial charge in [-0.2, -0.15) is 0 Å². The second kappa shape index (κ2) is 4.03. The van der Waals surface area contributed by atoms with Gasteiger partial charge in [-0.15, -0.1) is 0 Å². The number of hydrogen-bond donors (Lipinski definition) is 0. The van der Waals surface area contributed by atoms with Gasteiger partial charge in [-0.3, -0.25) is 0 Å². The third kappa shape index (κ3) is 2.28. The average Bonchev–Trinajstić information content (AvgIpc) is 2.09. The highest BCUT2D eigenvalue weighted by molar-refractivity contribution is 5.56. The molecule has 1 aromatic rings. The van der Waals surface area contributed by atoms with Crippen LogP contribution in [-0.2, 0) is 4.74 Å². The van der Waals surface area contributed by atoms with Gasteiger partial charge in [-0.05, 0) is 26.3 Å². The maximum atomic E-state index is 5.28. The average molecular weight is 178 g/mol. The van der Waals surface area contributed by atoms with E-state index in [1.54, 1.807) is 6.20 Å². The molecule has 0 aliphatic heterocycles. The molecule has 0 N–H and O–H groups in total. The Kier molecular flexibility index (Phi) is 3.01. The summed E-state index contributed by atoms with van der Waals surface area (Å²) in [6.45, 7) is 10.1. The Morgan fingerprint density at radius 2 is 2.23 bits per heavy atom. The molecule has 0 bridgehead atoms. The molecule has 0 saturated carbocycles. The van der Waals surface area contributed by atoms with Gasteiger partial charge in [0.2, 0.25) is 0 Å². The van der Waals surface area contributed by atoms with Gasteiger partial charge in [0, 0.05) is 6.20 Å². The van der Waals surface area contributed by atoms with Crippen LogP contribution in [0, 0.1) is 13.8 Å². The Balaban J connectivity index is 2.99. The van der Waals surface area contributed by atoms with E-state index in [4.69, 9.17) is 4.74 Å². The summed E-state index contributed by atoms with van der Waals surface area (Å²) in [6, 6.07) is 0. The number of rotatable bonds is 3. The fourth-order valence-corrected chi connectivity index (χ4v) is 1.06. The lowest BCUT2D eigenvalue weighted by Crippen LogP contribution is -2.00. The van der Waals surface area contributed by atoms with E-state index in [0.717, 1.165) is 17.1 Å². The fraction of sp³-hybridized carbons (Fsp3) is 0.400. The summed E-state index contributed by atoms with van der Waals surface area (Å²) >= 11 is 0. The zero-order chi connectivity index (χ0) is 9.84. The van der Waals surface area contributed by atoms with Crippen molar-refractivity contribution in [3.8, 4) is 0 Å². The molecule has 0 unspecified atom stereocenters. The van der Waals surface area contributed by atoms with Crippen LogP contribution in [0.1, 0.15) is 24.0 Å². The van der Waals surface area contributed by atoms with Gasteiger partial charge >= 0.3 is 0 Å². The lowest BCUT2D eigenvalue weighted by Gasteiger charge is -2.08. The minimum Gasteiger partial charge on any atom is -0.492 e. The van der Waals surface area contributed by atoms with E-state index in [0.29, 0.717) is 12.4 Å². The van der Waals surface area contributed by atoms with Crippen molar-refractivity contribution in [2.75, 3.05) is 6.61 Å². The Hall–Kier alpha value is -1.38. The molecule has 3 heteroatoms.